The summed E-state index contributed by atoms with van der Waals surface area (Å²) in [4.78, 5) is 12.0. The van der Waals surface area contributed by atoms with Gasteiger partial charge in [0, 0.05) is 29.7 Å². The Kier molecular flexibility index (Phi) is 21.6. The van der Waals surface area contributed by atoms with Crippen molar-refractivity contribution in [2.45, 2.75) is 175 Å². The zero-order chi connectivity index (χ0) is 35.2. The summed E-state index contributed by atoms with van der Waals surface area (Å²) in [5.74, 6) is 2.00. The van der Waals surface area contributed by atoms with Crippen LogP contribution in [0.1, 0.15) is 165 Å². The highest BCUT2D eigenvalue weighted by atomic mass is 32.2. The third kappa shape index (κ3) is 15.0. The Morgan fingerprint density at radius 2 is 1.31 bits per heavy atom. The van der Waals surface area contributed by atoms with Gasteiger partial charge < -0.3 is 9.67 Å². The average Bonchev–Trinajstić information content (AvgIpc) is 3.32. The average molecular weight is 694 g/mol. The van der Waals surface area contributed by atoms with E-state index >= 15 is 0 Å². The molecule has 3 nitrogen and oxygen atoms in total. The van der Waals surface area contributed by atoms with Gasteiger partial charge in [0.05, 0.1) is 5.57 Å². The number of hydrogen-bond acceptors (Lipinski definition) is 3. The number of ketones is 1. The Labute approximate surface area is 294 Å². The van der Waals surface area contributed by atoms with Gasteiger partial charge in [0.25, 0.3) is 0 Å². The molecule has 1 heterocycles. The number of carbonyl (C=O) groups excluding carboxylic acids is 1. The van der Waals surface area contributed by atoms with Crippen molar-refractivity contribution in [1.82, 2.24) is 4.57 Å². The Balaban J connectivity index is 1.77. The van der Waals surface area contributed by atoms with Gasteiger partial charge in [-0.05, 0) is 99.1 Å². The van der Waals surface area contributed by atoms with Crippen LogP contribution in [0.3, 0.4) is 0 Å². The Morgan fingerprint density at radius 3 is 1.79 bits per heavy atom. The van der Waals surface area contributed by atoms with Crippen LogP contribution in [0.5, 0.6) is 0 Å². The lowest BCUT2D eigenvalue weighted by molar-refractivity contribution is -0.113. The number of benzene rings is 1. The SMILES string of the molecule is CCCCc1ccc2c(c(C)c(CC)n2CCCCCCCCCCSCCCCCCCCCCCO)c1/C(=C\C(C)=O)C(F)(F)F. The van der Waals surface area contributed by atoms with Crippen molar-refractivity contribution in [2.24, 2.45) is 0 Å². The second kappa shape index (κ2) is 24.4. The number of aliphatic hydroxyl groups is 1. The lowest BCUT2D eigenvalue weighted by atomic mass is 9.90. The number of rotatable bonds is 28. The molecule has 7 heteroatoms. The molecule has 0 aliphatic heterocycles. The van der Waals surface area contributed by atoms with Crippen LogP contribution in [0.25, 0.3) is 16.5 Å². The number of unbranched alkanes of at least 4 members (excludes halogenated alkanes) is 16. The number of nitrogens with zero attached hydrogens (tertiary/aromatic N) is 1. The maximum Gasteiger partial charge on any atom is 0.417 e. The fraction of sp³-hybridized carbons (Fsp3) is 0.732. The molecule has 1 N–H and O–H groups in total. The molecule has 0 saturated heterocycles. The number of fused-ring (bicyclic) bond motifs is 1. The lowest BCUT2D eigenvalue weighted by Crippen LogP contribution is -2.14. The Hall–Kier alpha value is -1.73. The Bertz CT molecular complexity index is 1220. The molecule has 1 aromatic heterocycles. The van der Waals surface area contributed by atoms with E-state index in [0.717, 1.165) is 67.9 Å². The quantitative estimate of drug-likeness (QED) is 0.0712. The summed E-state index contributed by atoms with van der Waals surface area (Å²) in [6.07, 6.45) is 20.5. The molecule has 0 unspecified atom stereocenters. The molecule has 0 aliphatic carbocycles. The fourth-order valence-electron chi connectivity index (χ4n) is 7.02. The zero-order valence-corrected chi connectivity index (χ0v) is 31.6. The summed E-state index contributed by atoms with van der Waals surface area (Å²) in [6.45, 7) is 8.42. The van der Waals surface area contributed by atoms with E-state index in [1.54, 1.807) is 0 Å². The van der Waals surface area contributed by atoms with Crippen LogP contribution in [0.4, 0.5) is 13.2 Å². The smallest absolute Gasteiger partial charge is 0.396 e. The second-order valence-corrected chi connectivity index (χ2v) is 14.9. The summed E-state index contributed by atoms with van der Waals surface area (Å²) in [5, 5.41) is 9.49. The van der Waals surface area contributed by atoms with Gasteiger partial charge >= 0.3 is 6.18 Å². The van der Waals surface area contributed by atoms with Crippen LogP contribution >= 0.6 is 11.8 Å². The molecule has 1 aromatic carbocycles. The molecule has 0 aliphatic rings. The first-order valence-corrected chi connectivity index (χ1v) is 20.4. The summed E-state index contributed by atoms with van der Waals surface area (Å²) >= 11 is 2.12. The van der Waals surface area contributed by atoms with E-state index in [1.165, 1.54) is 108 Å². The molecular weight excluding hydrogens is 628 g/mol. The number of aryl methyl sites for hydroxylation is 3. The highest BCUT2D eigenvalue weighted by Crippen LogP contribution is 2.42. The number of thioether (sulfide) groups is 1. The van der Waals surface area contributed by atoms with Crippen molar-refractivity contribution in [3.63, 3.8) is 0 Å². The molecule has 0 atom stereocenters. The van der Waals surface area contributed by atoms with Crippen LogP contribution < -0.4 is 0 Å². The van der Waals surface area contributed by atoms with Crippen molar-refractivity contribution in [3.05, 3.63) is 40.6 Å². The summed E-state index contributed by atoms with van der Waals surface area (Å²) in [7, 11) is 0. The van der Waals surface area contributed by atoms with Crippen LogP contribution in [0.2, 0.25) is 0 Å². The number of aliphatic hydroxyl groups excluding tert-OH is 1. The molecular formula is C41H66F3NO2S. The highest BCUT2D eigenvalue weighted by molar-refractivity contribution is 7.99. The molecule has 0 spiro atoms. The van der Waals surface area contributed by atoms with E-state index in [2.05, 4.69) is 23.3 Å². The van der Waals surface area contributed by atoms with Crippen LogP contribution in [-0.2, 0) is 24.2 Å². The first kappa shape index (κ1) is 42.4. The van der Waals surface area contributed by atoms with E-state index in [4.69, 9.17) is 5.11 Å². The monoisotopic (exact) mass is 693 g/mol. The number of alkyl halides is 3. The molecule has 0 radical (unpaired) electrons. The molecule has 2 aromatic rings. The van der Waals surface area contributed by atoms with Gasteiger partial charge in [0.2, 0.25) is 0 Å². The van der Waals surface area contributed by atoms with Gasteiger partial charge in [-0.2, -0.15) is 24.9 Å². The predicted octanol–water partition coefficient (Wildman–Crippen LogP) is 12.7. The summed E-state index contributed by atoms with van der Waals surface area (Å²) in [6, 6.07) is 3.88. The molecule has 274 valence electrons. The van der Waals surface area contributed by atoms with E-state index < -0.39 is 17.5 Å². The standard InChI is InChI=1S/C41H66F3NO2S/c1-5-7-25-35-26-27-38-39(40(35)36(32-33(3)47)41(42,43)44)34(4)37(6-2)45(38)28-21-17-13-9-12-16-20-24-31-48-30-23-19-15-11-8-10-14-18-22-29-46/h26-27,32,46H,5-25,28-31H2,1-4H3/b36-32+. The van der Waals surface area contributed by atoms with Crippen molar-refractivity contribution in [1.29, 1.82) is 0 Å². The van der Waals surface area contributed by atoms with Crippen molar-refractivity contribution in [3.8, 4) is 0 Å². The van der Waals surface area contributed by atoms with E-state index in [9.17, 15) is 18.0 Å². The first-order valence-electron chi connectivity index (χ1n) is 19.3. The second-order valence-electron chi connectivity index (χ2n) is 13.7. The van der Waals surface area contributed by atoms with Crippen LogP contribution in [0, 0.1) is 6.92 Å². The third-order valence-electron chi connectivity index (χ3n) is 9.62. The largest absolute Gasteiger partial charge is 0.417 e. The number of aromatic nitrogens is 1. The fourth-order valence-corrected chi connectivity index (χ4v) is 8.04. The number of carbonyl (C=O) groups is 1. The van der Waals surface area contributed by atoms with Crippen LogP contribution in [-0.4, -0.2) is 39.7 Å². The van der Waals surface area contributed by atoms with Crippen LogP contribution in [0.15, 0.2) is 18.2 Å². The first-order chi connectivity index (χ1) is 23.2. The van der Waals surface area contributed by atoms with Crippen molar-refractivity contribution < 1.29 is 23.1 Å². The zero-order valence-electron chi connectivity index (χ0n) is 30.8. The number of allylic oxidation sites excluding steroid dienone is 2. The van der Waals surface area contributed by atoms with Crippen molar-refractivity contribution >= 4 is 34.0 Å². The molecule has 2 rings (SSSR count). The molecule has 0 amide bonds. The molecule has 0 saturated carbocycles. The minimum atomic E-state index is -4.61. The van der Waals surface area contributed by atoms with Gasteiger partial charge in [-0.25, -0.2) is 0 Å². The Morgan fingerprint density at radius 1 is 0.792 bits per heavy atom. The van der Waals surface area contributed by atoms with Gasteiger partial charge in [0.1, 0.15) is 0 Å². The third-order valence-corrected chi connectivity index (χ3v) is 10.8. The maximum atomic E-state index is 14.4. The van der Waals surface area contributed by atoms with E-state index in [1.807, 2.05) is 26.0 Å². The molecule has 0 bridgehead atoms. The molecule has 0 fully saturated rings. The van der Waals surface area contributed by atoms with Gasteiger partial charge in [-0.15, -0.1) is 0 Å². The molecule has 48 heavy (non-hydrogen) atoms. The van der Waals surface area contributed by atoms with E-state index in [-0.39, 0.29) is 5.56 Å². The minimum absolute atomic E-state index is 0.209. The van der Waals surface area contributed by atoms with Gasteiger partial charge in [0.15, 0.2) is 5.78 Å². The maximum absolute atomic E-state index is 14.4. The normalized spacial score (nSPS) is 12.5. The predicted molar refractivity (Wildman–Crippen MR) is 202 cm³/mol. The highest BCUT2D eigenvalue weighted by Gasteiger charge is 2.38. The lowest BCUT2D eigenvalue weighted by Gasteiger charge is -2.18. The van der Waals surface area contributed by atoms with Gasteiger partial charge in [-0.3, -0.25) is 4.79 Å². The van der Waals surface area contributed by atoms with E-state index in [0.29, 0.717) is 24.0 Å². The van der Waals surface area contributed by atoms with Crippen molar-refractivity contribution in [2.75, 3.05) is 18.1 Å². The minimum Gasteiger partial charge on any atom is -0.396 e. The number of hydrogen-bond donors (Lipinski definition) is 1. The van der Waals surface area contributed by atoms with Gasteiger partial charge in [-0.1, -0.05) is 110 Å². The summed E-state index contributed by atoms with van der Waals surface area (Å²) < 4.78 is 45.6. The number of halogens is 3. The summed E-state index contributed by atoms with van der Waals surface area (Å²) in [5.41, 5.74) is 2.95. The topological polar surface area (TPSA) is 42.2 Å².